The van der Waals surface area contributed by atoms with Crippen LogP contribution in [0.5, 0.6) is 0 Å². The van der Waals surface area contributed by atoms with Crippen molar-refractivity contribution in [1.29, 1.82) is 0 Å². The Bertz CT molecular complexity index is 3940. The predicted octanol–water partition coefficient (Wildman–Crippen LogP) is 15.0. The highest BCUT2D eigenvalue weighted by atomic mass is 28.3. The quantitative estimate of drug-likeness (QED) is 0.0958. The normalized spacial score (nSPS) is 11.6. The fourth-order valence-electron chi connectivity index (χ4n) is 11.1. The first kappa shape index (κ1) is 46.2. The van der Waals surface area contributed by atoms with Gasteiger partial charge >= 0.3 is 0 Å². The number of aryl methyl sites for hydroxylation is 2. The molecule has 0 atom stereocenters. The third-order valence-corrected chi connectivity index (χ3v) is 19.7. The van der Waals surface area contributed by atoms with E-state index in [0.29, 0.717) is 17.5 Å². The van der Waals surface area contributed by atoms with Gasteiger partial charge in [-0.3, -0.25) is 0 Å². The Balaban J connectivity index is 1.10. The Kier molecular flexibility index (Phi) is 12.0. The van der Waals surface area contributed by atoms with E-state index in [2.05, 4.69) is 261 Å². The molecule has 0 aliphatic rings. The van der Waals surface area contributed by atoms with Crippen molar-refractivity contribution in [2.24, 2.45) is 0 Å². The first-order chi connectivity index (χ1) is 37.5. The molecule has 0 radical (unpaired) electrons. The molecule has 0 fully saturated rings. The lowest BCUT2D eigenvalue weighted by molar-refractivity contribution is 1.06. The monoisotopic (exact) mass is 988 g/mol. The Morgan fingerprint density at radius 2 is 0.632 bits per heavy atom. The van der Waals surface area contributed by atoms with Crippen LogP contribution in [0, 0.1) is 13.8 Å². The Hall–Kier alpha value is -9.55. The highest BCUT2D eigenvalue weighted by Crippen LogP contribution is 2.41. The first-order valence-electron chi connectivity index (χ1n) is 26.0. The molecule has 0 aliphatic heterocycles. The zero-order chi connectivity index (χ0) is 51.0. The molecule has 13 rings (SSSR count). The second-order valence-corrected chi connectivity index (χ2v) is 23.5. The Morgan fingerprint density at radius 3 is 1.09 bits per heavy atom. The average Bonchev–Trinajstić information content (AvgIpc) is 3.83. The topological polar surface area (TPSA) is 43.6 Å². The highest BCUT2D eigenvalue weighted by Gasteiger charge is 2.41. The lowest BCUT2D eigenvalue weighted by atomic mass is 10.0. The molecule has 11 aromatic carbocycles. The molecule has 0 unspecified atom stereocenters. The van der Waals surface area contributed by atoms with Gasteiger partial charge in [-0.1, -0.05) is 266 Å². The van der Waals surface area contributed by atoms with Crippen molar-refractivity contribution in [3.8, 4) is 73.2 Å². The number of hydrogen-bond donors (Lipinski definition) is 0. The third kappa shape index (κ3) is 8.43. The first-order valence-corrected chi connectivity index (χ1v) is 28.0. The second kappa shape index (κ2) is 19.7. The molecule has 0 amide bonds. The SMILES string of the molecule is Cc1ccc(-c2ccc3c4ccc(-c5ccc(C)cc5)cc4n(-c4ccc(-c5cccc([Si](c6ccccc6)(c6ccccc6)c6ccccc6)c5)cc4-c4nc(-c5ccccc5)nc(-c5ccccc5)n4)c3c2)cc1. The van der Waals surface area contributed by atoms with Gasteiger partial charge in [0.1, 0.15) is 0 Å². The Morgan fingerprint density at radius 1 is 0.276 bits per heavy atom. The van der Waals surface area contributed by atoms with Gasteiger partial charge < -0.3 is 4.57 Å². The van der Waals surface area contributed by atoms with Crippen LogP contribution in [0.3, 0.4) is 0 Å². The lowest BCUT2D eigenvalue weighted by Crippen LogP contribution is -2.74. The van der Waals surface area contributed by atoms with Crippen LogP contribution in [0.4, 0.5) is 0 Å². The molecule has 0 aliphatic carbocycles. The molecule has 360 valence electrons. The molecule has 0 spiro atoms. The standard InChI is InChI=1S/C71H52N4Si/c1-49-31-35-51(36-32-49)57-39-42-63-64-43-40-58(52-37-33-50(2)34-38-52)48-68(64)75(67(63)47-57)66-44-41-56(46-65(66)71-73-69(53-19-8-3-9-20-53)72-70(74-71)54-21-10-4-11-22-54)55-23-18-30-62(45-55)76(59-24-12-5-13-25-59,60-26-14-6-15-27-60)61-28-16-7-17-29-61/h3-48H,1-2H3. The lowest BCUT2D eigenvalue weighted by Gasteiger charge is -2.34. The summed E-state index contributed by atoms with van der Waals surface area (Å²) in [6, 6.07) is 102. The molecule has 13 aromatic rings. The number of rotatable bonds is 11. The molecular formula is C71H52N4Si. The zero-order valence-corrected chi connectivity index (χ0v) is 43.3. The van der Waals surface area contributed by atoms with Crippen LogP contribution in [0.2, 0.25) is 0 Å². The largest absolute Gasteiger partial charge is 0.308 e. The van der Waals surface area contributed by atoms with E-state index in [1.165, 1.54) is 53.8 Å². The van der Waals surface area contributed by atoms with Gasteiger partial charge in [-0.05, 0) is 92.2 Å². The van der Waals surface area contributed by atoms with Gasteiger partial charge in [-0.15, -0.1) is 0 Å². The van der Waals surface area contributed by atoms with Gasteiger partial charge in [0.15, 0.2) is 25.5 Å². The Labute approximate surface area is 445 Å². The molecule has 0 saturated heterocycles. The van der Waals surface area contributed by atoms with Crippen LogP contribution in [0.15, 0.2) is 279 Å². The number of hydrogen-bond acceptors (Lipinski definition) is 3. The van der Waals surface area contributed by atoms with Crippen molar-refractivity contribution in [2.75, 3.05) is 0 Å². The summed E-state index contributed by atoms with van der Waals surface area (Å²) in [6.07, 6.45) is 0. The fourth-order valence-corrected chi connectivity index (χ4v) is 15.9. The minimum atomic E-state index is -2.86. The van der Waals surface area contributed by atoms with E-state index in [0.717, 1.165) is 55.7 Å². The third-order valence-electron chi connectivity index (χ3n) is 15.0. The maximum absolute atomic E-state index is 5.46. The molecule has 76 heavy (non-hydrogen) atoms. The molecule has 4 nitrogen and oxygen atoms in total. The van der Waals surface area contributed by atoms with Gasteiger partial charge in [0, 0.05) is 27.5 Å². The van der Waals surface area contributed by atoms with Crippen molar-refractivity contribution in [1.82, 2.24) is 19.5 Å². The van der Waals surface area contributed by atoms with Crippen LogP contribution in [0.1, 0.15) is 11.1 Å². The van der Waals surface area contributed by atoms with Crippen LogP contribution in [-0.2, 0) is 0 Å². The molecule has 0 N–H and O–H groups in total. The van der Waals surface area contributed by atoms with E-state index < -0.39 is 8.07 Å². The van der Waals surface area contributed by atoms with Crippen LogP contribution < -0.4 is 20.7 Å². The van der Waals surface area contributed by atoms with Crippen molar-refractivity contribution >= 4 is 50.6 Å². The van der Waals surface area contributed by atoms with Crippen LogP contribution >= 0.6 is 0 Å². The van der Waals surface area contributed by atoms with Crippen molar-refractivity contribution < 1.29 is 0 Å². The summed E-state index contributed by atoms with van der Waals surface area (Å²) in [5.74, 6) is 1.80. The minimum Gasteiger partial charge on any atom is -0.308 e. The second-order valence-electron chi connectivity index (χ2n) is 19.7. The van der Waals surface area contributed by atoms with E-state index >= 15 is 0 Å². The van der Waals surface area contributed by atoms with Crippen molar-refractivity contribution in [3.63, 3.8) is 0 Å². The van der Waals surface area contributed by atoms with E-state index in [1.807, 2.05) is 36.4 Å². The number of nitrogens with zero attached hydrogens (tertiary/aromatic N) is 4. The molecular weight excluding hydrogens is 937 g/mol. The molecule has 2 heterocycles. The molecule has 5 heteroatoms. The smallest absolute Gasteiger partial charge is 0.179 e. The molecule has 0 bridgehead atoms. The molecule has 2 aromatic heterocycles. The number of fused-ring (bicyclic) bond motifs is 3. The summed E-state index contributed by atoms with van der Waals surface area (Å²) in [4.78, 5) is 16.1. The van der Waals surface area contributed by atoms with Crippen molar-refractivity contribution in [2.45, 2.75) is 13.8 Å². The van der Waals surface area contributed by atoms with Gasteiger partial charge in [-0.25, -0.2) is 15.0 Å². The highest BCUT2D eigenvalue weighted by molar-refractivity contribution is 7.19. The minimum absolute atomic E-state index is 0.585. The van der Waals surface area contributed by atoms with E-state index in [1.54, 1.807) is 0 Å². The summed E-state index contributed by atoms with van der Waals surface area (Å²) in [5, 5.41) is 7.61. The maximum Gasteiger partial charge on any atom is 0.179 e. The van der Waals surface area contributed by atoms with E-state index in [9.17, 15) is 0 Å². The van der Waals surface area contributed by atoms with Gasteiger partial charge in [-0.2, -0.15) is 0 Å². The number of aromatic nitrogens is 4. The van der Waals surface area contributed by atoms with E-state index in [4.69, 9.17) is 15.0 Å². The summed E-state index contributed by atoms with van der Waals surface area (Å²) < 4.78 is 2.45. The summed E-state index contributed by atoms with van der Waals surface area (Å²) in [5.41, 5.74) is 15.1. The fraction of sp³-hybridized carbons (Fsp3) is 0.0282. The number of benzene rings is 11. The van der Waals surface area contributed by atoms with Crippen LogP contribution in [-0.4, -0.2) is 27.6 Å². The average molecular weight is 989 g/mol. The van der Waals surface area contributed by atoms with E-state index in [-0.39, 0.29) is 0 Å². The predicted molar refractivity (Wildman–Crippen MR) is 320 cm³/mol. The summed E-state index contributed by atoms with van der Waals surface area (Å²) in [6.45, 7) is 4.28. The summed E-state index contributed by atoms with van der Waals surface area (Å²) >= 11 is 0. The molecule has 0 saturated carbocycles. The maximum atomic E-state index is 5.46. The summed E-state index contributed by atoms with van der Waals surface area (Å²) in [7, 11) is -2.86. The van der Waals surface area contributed by atoms with Crippen LogP contribution in [0.25, 0.3) is 95.0 Å². The van der Waals surface area contributed by atoms with Crippen molar-refractivity contribution in [3.05, 3.63) is 290 Å². The zero-order valence-electron chi connectivity index (χ0n) is 42.3. The van der Waals surface area contributed by atoms with Gasteiger partial charge in [0.25, 0.3) is 0 Å². The van der Waals surface area contributed by atoms with Gasteiger partial charge in [0.2, 0.25) is 0 Å². The van der Waals surface area contributed by atoms with Gasteiger partial charge in [0.05, 0.1) is 16.7 Å².